The van der Waals surface area contributed by atoms with E-state index in [1.807, 2.05) is 6.26 Å². The van der Waals surface area contributed by atoms with Crippen LogP contribution in [0.4, 0.5) is 0 Å². The molecule has 4 unspecified atom stereocenters. The fourth-order valence-electron chi connectivity index (χ4n) is 3.55. The van der Waals surface area contributed by atoms with Crippen molar-refractivity contribution in [3.8, 4) is 0 Å². The van der Waals surface area contributed by atoms with Crippen molar-refractivity contribution in [1.29, 1.82) is 0 Å². The Labute approximate surface area is 226 Å². The van der Waals surface area contributed by atoms with Gasteiger partial charge in [-0.3, -0.25) is 19.2 Å². The Hall–Kier alpha value is -3.16. The molecule has 0 aliphatic rings. The van der Waals surface area contributed by atoms with Crippen LogP contribution in [-0.4, -0.2) is 82.6 Å². The number of hydrogen-bond acceptors (Lipinski definition) is 8. The first-order valence-corrected chi connectivity index (χ1v) is 13.8. The Morgan fingerprint density at radius 1 is 0.842 bits per heavy atom. The number of thioether (sulfide) groups is 1. The number of rotatable bonds is 19. The minimum Gasteiger partial charge on any atom is -0.481 e. The maximum Gasteiger partial charge on any atom is 0.326 e. The van der Waals surface area contributed by atoms with Gasteiger partial charge in [0.25, 0.3) is 0 Å². The summed E-state index contributed by atoms with van der Waals surface area (Å²) >= 11 is 1.45. The summed E-state index contributed by atoms with van der Waals surface area (Å²) in [5.74, 6) is -3.76. The fourth-order valence-corrected chi connectivity index (χ4v) is 4.02. The van der Waals surface area contributed by atoms with Crippen molar-refractivity contribution in [1.82, 2.24) is 16.0 Å². The summed E-state index contributed by atoms with van der Waals surface area (Å²) in [6.07, 6.45) is 3.07. The largest absolute Gasteiger partial charge is 0.481 e. The molecule has 3 amide bonds. The molecule has 1 aromatic carbocycles. The van der Waals surface area contributed by atoms with E-state index in [1.165, 1.54) is 11.8 Å². The van der Waals surface area contributed by atoms with Crippen LogP contribution in [0, 0.1) is 0 Å². The molecule has 0 saturated carbocycles. The van der Waals surface area contributed by atoms with Crippen LogP contribution in [0.2, 0.25) is 0 Å². The van der Waals surface area contributed by atoms with E-state index < -0.39 is 53.8 Å². The maximum absolute atomic E-state index is 13.2. The highest BCUT2D eigenvalue weighted by Gasteiger charge is 2.30. The molecule has 12 nitrogen and oxygen atoms in total. The molecule has 0 aromatic heterocycles. The van der Waals surface area contributed by atoms with E-state index in [1.54, 1.807) is 30.3 Å². The fraction of sp³-hybridized carbons (Fsp3) is 0.560. The summed E-state index contributed by atoms with van der Waals surface area (Å²) in [6, 6.07) is 4.44. The first-order valence-electron chi connectivity index (χ1n) is 12.4. The lowest BCUT2D eigenvalue weighted by Crippen LogP contribution is -2.57. The van der Waals surface area contributed by atoms with Crippen molar-refractivity contribution in [2.45, 2.75) is 69.1 Å². The van der Waals surface area contributed by atoms with Crippen LogP contribution in [-0.2, 0) is 30.4 Å². The Bertz CT molecular complexity index is 919. The zero-order valence-corrected chi connectivity index (χ0v) is 22.4. The van der Waals surface area contributed by atoms with Crippen LogP contribution in [0.3, 0.4) is 0 Å². The average molecular weight is 554 g/mol. The van der Waals surface area contributed by atoms with Gasteiger partial charge in [0.2, 0.25) is 17.7 Å². The molecule has 1 rings (SSSR count). The molecular weight excluding hydrogens is 514 g/mol. The predicted octanol–water partition coefficient (Wildman–Crippen LogP) is -0.158. The van der Waals surface area contributed by atoms with Crippen molar-refractivity contribution in [2.24, 2.45) is 11.5 Å². The highest BCUT2D eigenvalue weighted by molar-refractivity contribution is 7.98. The van der Waals surface area contributed by atoms with Gasteiger partial charge < -0.3 is 37.6 Å². The molecule has 0 radical (unpaired) electrons. The lowest BCUT2D eigenvalue weighted by atomic mass is 10.0. The smallest absolute Gasteiger partial charge is 0.326 e. The molecule has 0 aliphatic carbocycles. The number of hydrogen-bond donors (Lipinski definition) is 7. The molecule has 0 aliphatic heterocycles. The Balaban J connectivity index is 2.96. The van der Waals surface area contributed by atoms with Crippen LogP contribution in [0.1, 0.15) is 44.1 Å². The van der Waals surface area contributed by atoms with E-state index in [9.17, 15) is 29.1 Å². The van der Waals surface area contributed by atoms with Crippen molar-refractivity contribution in [3.63, 3.8) is 0 Å². The first-order chi connectivity index (χ1) is 18.1. The van der Waals surface area contributed by atoms with Crippen LogP contribution in [0.25, 0.3) is 0 Å². The normalized spacial score (nSPS) is 14.0. The molecule has 0 saturated heterocycles. The summed E-state index contributed by atoms with van der Waals surface area (Å²) in [7, 11) is 0. The van der Waals surface area contributed by atoms with Gasteiger partial charge in [-0.25, -0.2) is 4.79 Å². The van der Waals surface area contributed by atoms with Crippen molar-refractivity contribution in [3.05, 3.63) is 35.9 Å². The summed E-state index contributed by atoms with van der Waals surface area (Å²) in [5.41, 5.74) is 12.1. The highest BCUT2D eigenvalue weighted by atomic mass is 32.2. The first kappa shape index (κ1) is 32.9. The summed E-state index contributed by atoms with van der Waals surface area (Å²) < 4.78 is 0. The van der Waals surface area contributed by atoms with Crippen LogP contribution in [0.15, 0.2) is 30.3 Å². The van der Waals surface area contributed by atoms with Gasteiger partial charge in [-0.05, 0) is 56.2 Å². The van der Waals surface area contributed by atoms with Crippen LogP contribution >= 0.6 is 11.8 Å². The number of carboxylic acid groups (broad SMARTS) is 2. The van der Waals surface area contributed by atoms with Crippen LogP contribution < -0.4 is 27.4 Å². The molecule has 0 fully saturated rings. The lowest BCUT2D eigenvalue weighted by Gasteiger charge is -2.25. The van der Waals surface area contributed by atoms with Gasteiger partial charge in [0.15, 0.2) is 0 Å². The lowest BCUT2D eigenvalue weighted by molar-refractivity contribution is -0.142. The van der Waals surface area contributed by atoms with Gasteiger partial charge in [0, 0.05) is 12.8 Å². The SMILES string of the molecule is CSCCC(NC(=O)C(CCCCN)NC(=O)C(N)CCC(=O)O)C(=O)NC(Cc1ccccc1)C(=O)O. The minimum atomic E-state index is -1.21. The molecule has 0 spiro atoms. The van der Waals surface area contributed by atoms with Gasteiger partial charge in [-0.15, -0.1) is 0 Å². The number of aliphatic carboxylic acids is 2. The second-order valence-electron chi connectivity index (χ2n) is 8.82. The van der Waals surface area contributed by atoms with E-state index in [0.717, 1.165) is 5.56 Å². The number of nitrogens with two attached hydrogens (primary N) is 2. The molecular formula is C25H39N5O7S. The molecule has 1 aromatic rings. The molecule has 212 valence electrons. The minimum absolute atomic E-state index is 0.0666. The molecule has 0 heterocycles. The quantitative estimate of drug-likeness (QED) is 0.112. The van der Waals surface area contributed by atoms with E-state index in [4.69, 9.17) is 16.6 Å². The van der Waals surface area contributed by atoms with Gasteiger partial charge in [-0.2, -0.15) is 11.8 Å². The molecule has 38 heavy (non-hydrogen) atoms. The number of nitrogens with one attached hydrogen (secondary N) is 3. The number of carboxylic acids is 2. The van der Waals surface area contributed by atoms with Gasteiger partial charge in [0.05, 0.1) is 6.04 Å². The van der Waals surface area contributed by atoms with Gasteiger partial charge in [-0.1, -0.05) is 30.3 Å². The Morgan fingerprint density at radius 2 is 1.42 bits per heavy atom. The summed E-state index contributed by atoms with van der Waals surface area (Å²) in [4.78, 5) is 61.3. The molecule has 0 bridgehead atoms. The molecule has 4 atom stereocenters. The van der Waals surface area contributed by atoms with Crippen molar-refractivity contribution in [2.75, 3.05) is 18.6 Å². The second kappa shape index (κ2) is 18.2. The van der Waals surface area contributed by atoms with Crippen molar-refractivity contribution < 1.29 is 34.2 Å². The van der Waals surface area contributed by atoms with E-state index in [-0.39, 0.29) is 32.1 Å². The number of carbonyl (C=O) groups is 5. The number of benzene rings is 1. The molecule has 13 heteroatoms. The Kier molecular flexibility index (Phi) is 15.7. The summed E-state index contributed by atoms with van der Waals surface area (Å²) in [6.45, 7) is 0.386. The third kappa shape index (κ3) is 12.9. The van der Waals surface area contributed by atoms with Gasteiger partial charge >= 0.3 is 11.9 Å². The third-order valence-corrected chi connectivity index (χ3v) is 6.37. The summed E-state index contributed by atoms with van der Waals surface area (Å²) in [5, 5.41) is 26.2. The number of carbonyl (C=O) groups excluding carboxylic acids is 3. The highest BCUT2D eigenvalue weighted by Crippen LogP contribution is 2.08. The second-order valence-corrected chi connectivity index (χ2v) is 9.80. The average Bonchev–Trinajstić information content (AvgIpc) is 2.88. The molecule has 9 N–H and O–H groups in total. The van der Waals surface area contributed by atoms with E-state index in [0.29, 0.717) is 25.1 Å². The monoisotopic (exact) mass is 553 g/mol. The van der Waals surface area contributed by atoms with Gasteiger partial charge in [0.1, 0.15) is 18.1 Å². The number of amides is 3. The number of unbranched alkanes of at least 4 members (excludes halogenated alkanes) is 1. The standard InChI is InChI=1S/C25H39N5O7S/c1-38-14-12-19(24(35)30-20(25(36)37)15-16-7-3-2-4-8-16)29-23(34)18(9-5-6-13-26)28-22(33)17(27)10-11-21(31)32/h2-4,7-8,17-20H,5-6,9-15,26-27H2,1H3,(H,28,33)(H,29,34)(H,30,35)(H,31,32)(H,36,37). The third-order valence-electron chi connectivity index (χ3n) is 5.73. The van der Waals surface area contributed by atoms with E-state index >= 15 is 0 Å². The zero-order chi connectivity index (χ0) is 28.5. The van der Waals surface area contributed by atoms with Crippen LogP contribution in [0.5, 0.6) is 0 Å². The Morgan fingerprint density at radius 3 is 1.97 bits per heavy atom. The zero-order valence-electron chi connectivity index (χ0n) is 21.6. The predicted molar refractivity (Wildman–Crippen MR) is 144 cm³/mol. The topological polar surface area (TPSA) is 214 Å². The van der Waals surface area contributed by atoms with Crippen molar-refractivity contribution >= 4 is 41.4 Å². The van der Waals surface area contributed by atoms with E-state index in [2.05, 4.69) is 16.0 Å². The maximum atomic E-state index is 13.2.